The third-order valence-corrected chi connectivity index (χ3v) is 8.29. The summed E-state index contributed by atoms with van der Waals surface area (Å²) in [5.41, 5.74) is 2.16. The summed E-state index contributed by atoms with van der Waals surface area (Å²) in [7, 11) is -3.78. The molecular formula is C27H25N3O7S2. The lowest BCUT2D eigenvalue weighted by Crippen LogP contribution is -2.23. The van der Waals surface area contributed by atoms with E-state index in [1.54, 1.807) is 35.8 Å². The van der Waals surface area contributed by atoms with Gasteiger partial charge in [-0.05, 0) is 50.2 Å². The minimum absolute atomic E-state index is 0.136. The van der Waals surface area contributed by atoms with Crippen LogP contribution in [0.5, 0.6) is 11.5 Å². The first-order valence-corrected chi connectivity index (χ1v) is 14.4. The molecule has 2 heterocycles. The lowest BCUT2D eigenvalue weighted by Gasteiger charge is -2.18. The zero-order chi connectivity index (χ0) is 27.6. The Morgan fingerprint density at radius 2 is 1.69 bits per heavy atom. The molecule has 39 heavy (non-hydrogen) atoms. The molecule has 0 unspecified atom stereocenters. The van der Waals surface area contributed by atoms with Crippen LogP contribution in [0.15, 0.2) is 70.6 Å². The lowest BCUT2D eigenvalue weighted by molar-refractivity contribution is -0.143. The van der Waals surface area contributed by atoms with Gasteiger partial charge >= 0.3 is 5.97 Å². The largest absolute Gasteiger partial charge is 0.486 e. The number of nitrogens with zero attached hydrogens (tertiary/aromatic N) is 2. The van der Waals surface area contributed by atoms with Crippen LogP contribution in [0.4, 0.5) is 5.69 Å². The van der Waals surface area contributed by atoms with Crippen molar-refractivity contribution >= 4 is 49.1 Å². The van der Waals surface area contributed by atoms with Gasteiger partial charge in [0.05, 0.1) is 21.7 Å². The molecule has 4 aromatic rings. The smallest absolute Gasteiger partial charge is 0.326 e. The average molecular weight is 568 g/mol. The van der Waals surface area contributed by atoms with Gasteiger partial charge in [-0.25, -0.2) is 8.42 Å². The molecule has 1 N–H and O–H groups in total. The molecule has 0 bridgehead atoms. The maximum absolute atomic E-state index is 13.1. The number of ether oxygens (including phenoxy) is 3. The fourth-order valence-corrected chi connectivity index (χ4v) is 6.04. The van der Waals surface area contributed by atoms with E-state index in [0.717, 1.165) is 10.3 Å². The number of amides is 1. The predicted molar refractivity (Wildman–Crippen MR) is 146 cm³/mol. The number of aryl methyl sites for hydroxylation is 1. The summed E-state index contributed by atoms with van der Waals surface area (Å²) < 4.78 is 46.7. The number of benzene rings is 3. The second kappa shape index (κ2) is 10.9. The van der Waals surface area contributed by atoms with Crippen LogP contribution in [-0.4, -0.2) is 44.7 Å². The number of rotatable bonds is 7. The number of nitrogens with one attached hydrogen (secondary N) is 1. The maximum Gasteiger partial charge on any atom is 0.326 e. The normalized spacial score (nSPS) is 13.3. The minimum atomic E-state index is -3.78. The van der Waals surface area contributed by atoms with Crippen molar-refractivity contribution in [1.29, 1.82) is 0 Å². The molecule has 1 aliphatic heterocycles. The van der Waals surface area contributed by atoms with E-state index in [9.17, 15) is 18.0 Å². The molecule has 12 heteroatoms. The monoisotopic (exact) mass is 567 g/mol. The summed E-state index contributed by atoms with van der Waals surface area (Å²) in [4.78, 5) is 30.1. The first-order chi connectivity index (χ1) is 18.7. The highest BCUT2D eigenvalue weighted by atomic mass is 32.2. The summed E-state index contributed by atoms with van der Waals surface area (Å²) in [5, 5.41) is 0. The van der Waals surface area contributed by atoms with E-state index in [2.05, 4.69) is 9.71 Å². The van der Waals surface area contributed by atoms with Crippen LogP contribution in [0.3, 0.4) is 0 Å². The summed E-state index contributed by atoms with van der Waals surface area (Å²) in [6.45, 7) is 4.51. The molecule has 0 spiro atoms. The van der Waals surface area contributed by atoms with Crippen molar-refractivity contribution in [2.24, 2.45) is 4.99 Å². The van der Waals surface area contributed by atoms with Crippen LogP contribution < -0.4 is 19.0 Å². The summed E-state index contributed by atoms with van der Waals surface area (Å²) in [6.07, 6.45) is 0. The fourth-order valence-electron chi connectivity index (χ4n) is 3.94. The fraction of sp³-hybridized carbons (Fsp3) is 0.222. The van der Waals surface area contributed by atoms with E-state index in [4.69, 9.17) is 14.2 Å². The zero-order valence-corrected chi connectivity index (χ0v) is 22.8. The van der Waals surface area contributed by atoms with Crippen LogP contribution in [-0.2, 0) is 26.1 Å². The van der Waals surface area contributed by atoms with Gasteiger partial charge < -0.3 is 18.8 Å². The van der Waals surface area contributed by atoms with Gasteiger partial charge in [-0.2, -0.15) is 4.99 Å². The van der Waals surface area contributed by atoms with E-state index in [-0.39, 0.29) is 23.6 Å². The van der Waals surface area contributed by atoms with Gasteiger partial charge in [-0.15, -0.1) is 0 Å². The Bertz CT molecular complexity index is 1720. The quantitative estimate of drug-likeness (QED) is 0.336. The van der Waals surface area contributed by atoms with Gasteiger partial charge in [0, 0.05) is 23.4 Å². The standard InChI is InChI=1S/C27H25N3O7S2/c1-3-35-25(31)16-30-21-14-22-23(37-13-12-36-22)15-24(21)38-27(30)28-26(32)18-6-8-19(9-7-18)29-39(33,34)20-10-4-17(2)5-11-20/h4-11,14-15,29H,3,12-13,16H2,1-2H3. The summed E-state index contributed by atoms with van der Waals surface area (Å²) in [5.74, 6) is 0.112. The van der Waals surface area contributed by atoms with Gasteiger partial charge in [0.2, 0.25) is 0 Å². The number of carbonyl (C=O) groups excluding carboxylic acids is 2. The number of sulfonamides is 1. The van der Waals surface area contributed by atoms with Crippen molar-refractivity contribution in [1.82, 2.24) is 4.57 Å². The number of carbonyl (C=O) groups is 2. The van der Waals surface area contributed by atoms with E-state index < -0.39 is 21.9 Å². The molecule has 202 valence electrons. The van der Waals surface area contributed by atoms with Crippen LogP contribution >= 0.6 is 11.3 Å². The first-order valence-electron chi connectivity index (χ1n) is 12.1. The van der Waals surface area contributed by atoms with Gasteiger partial charge in [0.1, 0.15) is 19.8 Å². The SMILES string of the molecule is CCOC(=O)Cn1c(=NC(=O)c2ccc(NS(=O)(=O)c3ccc(C)cc3)cc2)sc2cc3c(cc21)OCCO3. The Morgan fingerprint density at radius 1 is 1.03 bits per heavy atom. The lowest BCUT2D eigenvalue weighted by atomic mass is 10.2. The highest BCUT2D eigenvalue weighted by Crippen LogP contribution is 2.35. The Hall–Kier alpha value is -4.16. The zero-order valence-electron chi connectivity index (χ0n) is 21.2. The Balaban J connectivity index is 1.44. The van der Waals surface area contributed by atoms with Gasteiger partial charge in [0.25, 0.3) is 15.9 Å². The minimum Gasteiger partial charge on any atom is -0.486 e. The molecule has 0 radical (unpaired) electrons. The second-order valence-electron chi connectivity index (χ2n) is 8.65. The molecule has 0 saturated carbocycles. The number of aromatic nitrogens is 1. The van der Waals surface area contributed by atoms with Crippen molar-refractivity contribution in [3.63, 3.8) is 0 Å². The second-order valence-corrected chi connectivity index (χ2v) is 11.3. The number of anilines is 1. The highest BCUT2D eigenvalue weighted by molar-refractivity contribution is 7.92. The number of hydrogen-bond acceptors (Lipinski definition) is 8. The molecule has 0 aliphatic carbocycles. The Labute approximate surface area is 228 Å². The Kier molecular flexibility index (Phi) is 7.40. The number of hydrogen-bond donors (Lipinski definition) is 1. The average Bonchev–Trinajstić information content (AvgIpc) is 3.23. The Morgan fingerprint density at radius 3 is 2.36 bits per heavy atom. The van der Waals surface area contributed by atoms with Gasteiger partial charge in [-0.1, -0.05) is 29.0 Å². The van der Waals surface area contributed by atoms with Gasteiger partial charge in [-0.3, -0.25) is 14.3 Å². The van der Waals surface area contributed by atoms with Crippen molar-refractivity contribution < 1.29 is 32.2 Å². The molecule has 0 fully saturated rings. The van der Waals surface area contributed by atoms with E-state index in [0.29, 0.717) is 40.7 Å². The molecule has 1 amide bonds. The molecule has 0 saturated heterocycles. The third kappa shape index (κ3) is 5.81. The maximum atomic E-state index is 13.1. The molecule has 1 aromatic heterocycles. The number of fused-ring (bicyclic) bond motifs is 2. The molecule has 1 aliphatic rings. The van der Waals surface area contributed by atoms with Crippen LogP contribution in [0.2, 0.25) is 0 Å². The van der Waals surface area contributed by atoms with E-state index in [1.165, 1.54) is 47.7 Å². The van der Waals surface area contributed by atoms with E-state index >= 15 is 0 Å². The third-order valence-electron chi connectivity index (χ3n) is 5.85. The highest BCUT2D eigenvalue weighted by Gasteiger charge is 2.19. The molecule has 10 nitrogen and oxygen atoms in total. The van der Waals surface area contributed by atoms with Crippen molar-refractivity contribution in [2.75, 3.05) is 24.5 Å². The molecule has 5 rings (SSSR count). The summed E-state index contributed by atoms with van der Waals surface area (Å²) >= 11 is 1.23. The topological polar surface area (TPSA) is 125 Å². The molecule has 3 aromatic carbocycles. The molecule has 0 atom stereocenters. The number of esters is 1. The van der Waals surface area contributed by atoms with Crippen molar-refractivity contribution in [3.05, 3.63) is 76.6 Å². The van der Waals surface area contributed by atoms with Crippen LogP contribution in [0.1, 0.15) is 22.8 Å². The van der Waals surface area contributed by atoms with Crippen molar-refractivity contribution in [3.8, 4) is 11.5 Å². The first kappa shape index (κ1) is 26.4. The van der Waals surface area contributed by atoms with Crippen LogP contribution in [0, 0.1) is 6.92 Å². The summed E-state index contributed by atoms with van der Waals surface area (Å²) in [6, 6.07) is 16.0. The number of thiazole rings is 1. The van der Waals surface area contributed by atoms with Crippen molar-refractivity contribution in [2.45, 2.75) is 25.3 Å². The van der Waals surface area contributed by atoms with E-state index in [1.807, 2.05) is 6.92 Å². The molecular weight excluding hydrogens is 542 g/mol. The van der Waals surface area contributed by atoms with Crippen LogP contribution in [0.25, 0.3) is 10.2 Å². The predicted octanol–water partition coefficient (Wildman–Crippen LogP) is 3.89. The van der Waals surface area contributed by atoms with Gasteiger partial charge in [0.15, 0.2) is 16.3 Å².